The minimum absolute atomic E-state index is 0.345. The van der Waals surface area contributed by atoms with Gasteiger partial charge in [-0.05, 0) is 12.3 Å². The summed E-state index contributed by atoms with van der Waals surface area (Å²) in [6.45, 7) is 4.74. The van der Waals surface area contributed by atoms with Crippen molar-refractivity contribution in [2.75, 3.05) is 0 Å². The fraction of sp³-hybridized carbons (Fsp3) is 0.960. The van der Waals surface area contributed by atoms with Gasteiger partial charge < -0.3 is 5.11 Å². The second kappa shape index (κ2) is 21.8. The van der Waals surface area contributed by atoms with Crippen LogP contribution in [-0.2, 0) is 4.79 Å². The van der Waals surface area contributed by atoms with Crippen LogP contribution in [-0.4, -0.2) is 11.1 Å². The molecule has 2 heteroatoms. The maximum absolute atomic E-state index is 10.4. The molecule has 0 amide bonds. The number of unbranched alkanes of at least 4 members (excludes halogenated alkanes) is 16. The molecule has 1 unspecified atom stereocenters. The summed E-state index contributed by atoms with van der Waals surface area (Å²) >= 11 is 0. The first kappa shape index (κ1) is 26.5. The predicted molar refractivity (Wildman–Crippen MR) is 119 cm³/mol. The molecule has 2 nitrogen and oxygen atoms in total. The van der Waals surface area contributed by atoms with Crippen molar-refractivity contribution < 1.29 is 9.90 Å². The Morgan fingerprint density at radius 2 is 0.926 bits per heavy atom. The molecule has 0 aromatic carbocycles. The molecule has 0 heterocycles. The van der Waals surface area contributed by atoms with Crippen LogP contribution in [0.25, 0.3) is 0 Å². The Hall–Kier alpha value is -0.530. The summed E-state index contributed by atoms with van der Waals surface area (Å²) in [5.41, 5.74) is 0. The van der Waals surface area contributed by atoms with E-state index >= 15 is 0 Å². The lowest BCUT2D eigenvalue weighted by atomic mass is 9.96. The van der Waals surface area contributed by atoms with Crippen molar-refractivity contribution in [3.63, 3.8) is 0 Å². The fourth-order valence-electron chi connectivity index (χ4n) is 3.95. The van der Waals surface area contributed by atoms with Crippen LogP contribution in [0.3, 0.4) is 0 Å². The van der Waals surface area contributed by atoms with Gasteiger partial charge in [-0.1, -0.05) is 136 Å². The van der Waals surface area contributed by atoms with Gasteiger partial charge >= 0.3 is 5.97 Å². The van der Waals surface area contributed by atoms with Crippen molar-refractivity contribution in [1.82, 2.24) is 0 Å². The van der Waals surface area contributed by atoms with Crippen molar-refractivity contribution >= 4 is 5.97 Å². The molecule has 0 fully saturated rings. The predicted octanol–water partition coefficient (Wildman–Crippen LogP) is 8.92. The number of carbonyl (C=O) groups is 1. The Morgan fingerprint density at radius 3 is 1.30 bits per heavy atom. The standard InChI is InChI=1S/C25H50O2/c1-3-4-5-18-21-24(2)22-19-16-14-12-10-8-6-7-9-11-13-15-17-20-23-25(26)27/h24H,3-23H2,1-2H3,(H,26,27). The molecule has 0 aliphatic carbocycles. The van der Waals surface area contributed by atoms with E-state index in [0.717, 1.165) is 18.8 Å². The van der Waals surface area contributed by atoms with Crippen molar-refractivity contribution in [3.05, 3.63) is 0 Å². The van der Waals surface area contributed by atoms with Crippen LogP contribution in [0.2, 0.25) is 0 Å². The Labute approximate surface area is 170 Å². The molecule has 0 rings (SSSR count). The largest absolute Gasteiger partial charge is 0.481 e. The molecule has 27 heavy (non-hydrogen) atoms. The van der Waals surface area contributed by atoms with Crippen LogP contribution >= 0.6 is 0 Å². The van der Waals surface area contributed by atoms with E-state index in [0.29, 0.717) is 6.42 Å². The highest BCUT2D eigenvalue weighted by molar-refractivity contribution is 5.66. The maximum atomic E-state index is 10.4. The molecular formula is C25H50O2. The van der Waals surface area contributed by atoms with Gasteiger partial charge in [-0.15, -0.1) is 0 Å². The van der Waals surface area contributed by atoms with E-state index < -0.39 is 5.97 Å². The van der Waals surface area contributed by atoms with E-state index in [1.54, 1.807) is 0 Å². The van der Waals surface area contributed by atoms with E-state index in [1.807, 2.05) is 0 Å². The third kappa shape index (κ3) is 23.4. The van der Waals surface area contributed by atoms with Gasteiger partial charge in [-0.2, -0.15) is 0 Å². The summed E-state index contributed by atoms with van der Waals surface area (Å²) in [5.74, 6) is 0.293. The van der Waals surface area contributed by atoms with E-state index in [1.165, 1.54) is 116 Å². The zero-order chi connectivity index (χ0) is 20.0. The van der Waals surface area contributed by atoms with Crippen LogP contribution < -0.4 is 0 Å². The molecule has 0 aliphatic rings. The first-order valence-corrected chi connectivity index (χ1v) is 12.4. The highest BCUT2D eigenvalue weighted by atomic mass is 16.4. The zero-order valence-corrected chi connectivity index (χ0v) is 18.8. The quantitative estimate of drug-likeness (QED) is 0.190. The molecule has 0 aliphatic heterocycles. The number of aliphatic carboxylic acids is 1. The Morgan fingerprint density at radius 1 is 0.593 bits per heavy atom. The summed E-state index contributed by atoms with van der Waals surface area (Å²) in [6.07, 6.45) is 27.5. The van der Waals surface area contributed by atoms with Gasteiger partial charge in [0.1, 0.15) is 0 Å². The van der Waals surface area contributed by atoms with Gasteiger partial charge in [-0.25, -0.2) is 0 Å². The highest BCUT2D eigenvalue weighted by Crippen LogP contribution is 2.18. The summed E-state index contributed by atoms with van der Waals surface area (Å²) in [4.78, 5) is 10.4. The summed E-state index contributed by atoms with van der Waals surface area (Å²) in [6, 6.07) is 0. The van der Waals surface area contributed by atoms with Crippen LogP contribution in [0.4, 0.5) is 0 Å². The minimum atomic E-state index is -0.651. The molecule has 0 aromatic heterocycles. The van der Waals surface area contributed by atoms with E-state index in [2.05, 4.69) is 13.8 Å². The van der Waals surface area contributed by atoms with E-state index in [-0.39, 0.29) is 0 Å². The van der Waals surface area contributed by atoms with Crippen molar-refractivity contribution in [2.45, 2.75) is 149 Å². The lowest BCUT2D eigenvalue weighted by Crippen LogP contribution is -1.95. The highest BCUT2D eigenvalue weighted by Gasteiger charge is 2.02. The van der Waals surface area contributed by atoms with Crippen LogP contribution in [0.15, 0.2) is 0 Å². The Bertz CT molecular complexity index is 301. The van der Waals surface area contributed by atoms with Crippen molar-refractivity contribution in [3.8, 4) is 0 Å². The van der Waals surface area contributed by atoms with Gasteiger partial charge in [0.25, 0.3) is 0 Å². The van der Waals surface area contributed by atoms with Crippen molar-refractivity contribution in [1.29, 1.82) is 0 Å². The molecule has 0 saturated carbocycles. The molecule has 1 atom stereocenters. The van der Waals surface area contributed by atoms with Crippen LogP contribution in [0.1, 0.15) is 149 Å². The van der Waals surface area contributed by atoms with E-state index in [4.69, 9.17) is 5.11 Å². The minimum Gasteiger partial charge on any atom is -0.481 e. The lowest BCUT2D eigenvalue weighted by molar-refractivity contribution is -0.137. The number of carboxylic acids is 1. The number of hydrogen-bond acceptors (Lipinski definition) is 1. The molecule has 0 aromatic rings. The Kier molecular flexibility index (Phi) is 21.3. The van der Waals surface area contributed by atoms with Crippen LogP contribution in [0.5, 0.6) is 0 Å². The van der Waals surface area contributed by atoms with Crippen molar-refractivity contribution in [2.24, 2.45) is 5.92 Å². The van der Waals surface area contributed by atoms with E-state index in [9.17, 15) is 4.79 Å². The molecule has 0 spiro atoms. The SMILES string of the molecule is CCCCCCC(C)CCCCCCCCCCCCCCCCC(=O)O. The molecule has 162 valence electrons. The average molecular weight is 383 g/mol. The van der Waals surface area contributed by atoms with Gasteiger partial charge in [0.2, 0.25) is 0 Å². The summed E-state index contributed by atoms with van der Waals surface area (Å²) < 4.78 is 0. The molecule has 0 radical (unpaired) electrons. The number of hydrogen-bond donors (Lipinski definition) is 1. The lowest BCUT2D eigenvalue weighted by Gasteiger charge is -2.10. The molecule has 0 saturated heterocycles. The molecule has 0 bridgehead atoms. The number of carboxylic acid groups (broad SMARTS) is 1. The normalized spacial score (nSPS) is 12.4. The third-order valence-electron chi connectivity index (χ3n) is 5.89. The smallest absolute Gasteiger partial charge is 0.303 e. The summed E-state index contributed by atoms with van der Waals surface area (Å²) in [7, 11) is 0. The van der Waals surface area contributed by atoms with Gasteiger partial charge in [0.05, 0.1) is 0 Å². The average Bonchev–Trinajstić information content (AvgIpc) is 2.64. The molecular weight excluding hydrogens is 332 g/mol. The van der Waals surface area contributed by atoms with Gasteiger partial charge in [-0.3, -0.25) is 4.79 Å². The first-order chi connectivity index (χ1) is 13.2. The second-order valence-corrected chi connectivity index (χ2v) is 8.84. The maximum Gasteiger partial charge on any atom is 0.303 e. The molecule has 1 N–H and O–H groups in total. The second-order valence-electron chi connectivity index (χ2n) is 8.84. The zero-order valence-electron chi connectivity index (χ0n) is 18.8. The topological polar surface area (TPSA) is 37.3 Å². The Balaban J connectivity index is 3.09. The van der Waals surface area contributed by atoms with Crippen LogP contribution in [0, 0.1) is 5.92 Å². The summed E-state index contributed by atoms with van der Waals surface area (Å²) in [5, 5.41) is 8.58. The first-order valence-electron chi connectivity index (χ1n) is 12.4. The fourth-order valence-corrected chi connectivity index (χ4v) is 3.95. The van der Waals surface area contributed by atoms with Gasteiger partial charge in [0, 0.05) is 6.42 Å². The monoisotopic (exact) mass is 382 g/mol. The van der Waals surface area contributed by atoms with Gasteiger partial charge in [0.15, 0.2) is 0 Å². The number of rotatable bonds is 22. The third-order valence-corrected chi connectivity index (χ3v) is 5.89.